The maximum Gasteiger partial charge on any atom is 0.228 e. The van der Waals surface area contributed by atoms with Crippen molar-refractivity contribution in [2.24, 2.45) is 0 Å². The third-order valence-corrected chi connectivity index (χ3v) is 4.82. The minimum atomic E-state index is -0.326. The number of anilines is 1. The fourth-order valence-corrected chi connectivity index (χ4v) is 3.54. The molecule has 3 rings (SSSR count). The number of benzene rings is 1. The van der Waals surface area contributed by atoms with E-state index in [9.17, 15) is 14.0 Å². The number of thiazole rings is 1. The van der Waals surface area contributed by atoms with E-state index in [0.29, 0.717) is 29.4 Å². The van der Waals surface area contributed by atoms with Crippen molar-refractivity contribution in [2.75, 3.05) is 11.4 Å². The molecule has 0 radical (unpaired) electrons. The third-order valence-electron chi connectivity index (χ3n) is 3.91. The van der Waals surface area contributed by atoms with Gasteiger partial charge < -0.3 is 5.32 Å². The summed E-state index contributed by atoms with van der Waals surface area (Å²) in [6.07, 6.45) is 1.54. The maximum atomic E-state index is 13.2. The molecule has 0 aliphatic carbocycles. The minimum absolute atomic E-state index is 0.0834. The van der Waals surface area contributed by atoms with Crippen LogP contribution in [-0.2, 0) is 16.0 Å². The lowest BCUT2D eigenvalue weighted by atomic mass is 10.1. The number of hydrogen-bond donors (Lipinski definition) is 1. The number of hydrogen-bond acceptors (Lipinski definition) is 4. The molecule has 1 N–H and O–H groups in total. The Labute approximate surface area is 143 Å². The van der Waals surface area contributed by atoms with Crippen LogP contribution in [0.3, 0.4) is 0 Å². The van der Waals surface area contributed by atoms with Gasteiger partial charge in [0.1, 0.15) is 5.82 Å². The Hall–Kier alpha value is -2.28. The van der Waals surface area contributed by atoms with E-state index in [1.807, 2.05) is 6.92 Å². The zero-order valence-corrected chi connectivity index (χ0v) is 14.1. The second-order valence-electron chi connectivity index (χ2n) is 5.79. The molecule has 0 bridgehead atoms. The van der Waals surface area contributed by atoms with Gasteiger partial charge in [-0.05, 0) is 31.0 Å². The molecule has 1 aromatic carbocycles. The molecule has 0 spiro atoms. The lowest BCUT2D eigenvalue weighted by Crippen LogP contribution is -2.28. The zero-order valence-electron chi connectivity index (χ0n) is 13.3. The Balaban J connectivity index is 1.59. The Morgan fingerprint density at radius 2 is 2.33 bits per heavy atom. The highest BCUT2D eigenvalue weighted by atomic mass is 32.1. The molecule has 0 saturated carbocycles. The first-order chi connectivity index (χ1) is 11.5. The SMILES string of the molecule is C[C@H](NC(=O)Cc1csc(N2CCCC2=O)n1)c1cccc(F)c1. The van der Waals surface area contributed by atoms with Gasteiger partial charge in [0.25, 0.3) is 0 Å². The molecule has 1 fully saturated rings. The van der Waals surface area contributed by atoms with Crippen LogP contribution in [0.25, 0.3) is 0 Å². The summed E-state index contributed by atoms with van der Waals surface area (Å²) in [6.45, 7) is 2.50. The van der Waals surface area contributed by atoms with Crippen molar-refractivity contribution in [1.29, 1.82) is 0 Å². The monoisotopic (exact) mass is 347 g/mol. The molecule has 7 heteroatoms. The van der Waals surface area contributed by atoms with Crippen molar-refractivity contribution < 1.29 is 14.0 Å². The maximum absolute atomic E-state index is 13.2. The molecule has 2 amide bonds. The minimum Gasteiger partial charge on any atom is -0.349 e. The average molecular weight is 347 g/mol. The molecule has 1 aliphatic rings. The van der Waals surface area contributed by atoms with E-state index in [0.717, 1.165) is 6.42 Å². The highest BCUT2D eigenvalue weighted by Crippen LogP contribution is 2.25. The molecule has 2 aromatic rings. The normalized spacial score (nSPS) is 15.6. The number of nitrogens with zero attached hydrogens (tertiary/aromatic N) is 2. The van der Waals surface area contributed by atoms with Gasteiger partial charge in [-0.15, -0.1) is 11.3 Å². The topological polar surface area (TPSA) is 62.3 Å². The quantitative estimate of drug-likeness (QED) is 0.905. The van der Waals surface area contributed by atoms with E-state index >= 15 is 0 Å². The molecule has 2 heterocycles. The third kappa shape index (κ3) is 3.79. The summed E-state index contributed by atoms with van der Waals surface area (Å²) < 4.78 is 13.2. The van der Waals surface area contributed by atoms with Crippen LogP contribution < -0.4 is 10.2 Å². The molecule has 126 valence electrons. The second-order valence-corrected chi connectivity index (χ2v) is 6.63. The van der Waals surface area contributed by atoms with Crippen LogP contribution >= 0.6 is 11.3 Å². The molecular weight excluding hydrogens is 329 g/mol. The first-order valence-corrected chi connectivity index (χ1v) is 8.70. The summed E-state index contributed by atoms with van der Waals surface area (Å²) >= 11 is 1.37. The van der Waals surface area contributed by atoms with Gasteiger partial charge in [0.15, 0.2) is 5.13 Å². The van der Waals surface area contributed by atoms with Gasteiger partial charge in [-0.25, -0.2) is 9.37 Å². The molecule has 1 atom stereocenters. The van der Waals surface area contributed by atoms with Crippen molar-refractivity contribution in [1.82, 2.24) is 10.3 Å². The van der Waals surface area contributed by atoms with Gasteiger partial charge in [0.05, 0.1) is 18.2 Å². The fraction of sp³-hybridized carbons (Fsp3) is 0.353. The van der Waals surface area contributed by atoms with Gasteiger partial charge in [-0.2, -0.15) is 0 Å². The summed E-state index contributed by atoms with van der Waals surface area (Å²) in [4.78, 5) is 29.9. The molecule has 0 unspecified atom stereocenters. The standard InChI is InChI=1S/C17H18FN3O2S/c1-11(12-4-2-5-13(18)8-12)19-15(22)9-14-10-24-17(20-14)21-7-3-6-16(21)23/h2,4-5,8,10-11H,3,6-7,9H2,1H3,(H,19,22)/t11-/m0/s1. The summed E-state index contributed by atoms with van der Waals surface area (Å²) in [5.41, 5.74) is 1.35. The van der Waals surface area contributed by atoms with E-state index in [1.54, 1.807) is 22.4 Å². The fourth-order valence-electron chi connectivity index (χ4n) is 2.67. The van der Waals surface area contributed by atoms with Crippen molar-refractivity contribution in [3.05, 3.63) is 46.7 Å². The summed E-state index contributed by atoms with van der Waals surface area (Å²) in [6, 6.07) is 5.88. The predicted molar refractivity (Wildman–Crippen MR) is 90.4 cm³/mol. The predicted octanol–water partition coefficient (Wildman–Crippen LogP) is 2.83. The number of amides is 2. The van der Waals surface area contributed by atoms with Gasteiger partial charge in [0.2, 0.25) is 11.8 Å². The lowest BCUT2D eigenvalue weighted by Gasteiger charge is -2.14. The molecule has 24 heavy (non-hydrogen) atoms. The average Bonchev–Trinajstić information content (AvgIpc) is 3.15. The Morgan fingerprint density at radius 1 is 1.50 bits per heavy atom. The highest BCUT2D eigenvalue weighted by Gasteiger charge is 2.24. The molecule has 5 nitrogen and oxygen atoms in total. The molecule has 1 aromatic heterocycles. The largest absolute Gasteiger partial charge is 0.349 e. The number of rotatable bonds is 5. The second kappa shape index (κ2) is 7.09. The lowest BCUT2D eigenvalue weighted by molar-refractivity contribution is -0.121. The van der Waals surface area contributed by atoms with Crippen LogP contribution in [-0.4, -0.2) is 23.3 Å². The summed E-state index contributed by atoms with van der Waals surface area (Å²) in [5.74, 6) is -0.426. The van der Waals surface area contributed by atoms with E-state index in [2.05, 4.69) is 10.3 Å². The van der Waals surface area contributed by atoms with Crippen LogP contribution in [0.4, 0.5) is 9.52 Å². The molecule has 1 aliphatic heterocycles. The van der Waals surface area contributed by atoms with Crippen molar-refractivity contribution in [2.45, 2.75) is 32.2 Å². The van der Waals surface area contributed by atoms with E-state index in [1.165, 1.54) is 23.5 Å². The number of carbonyl (C=O) groups is 2. The van der Waals surface area contributed by atoms with E-state index < -0.39 is 0 Å². The number of carbonyl (C=O) groups excluding carboxylic acids is 2. The van der Waals surface area contributed by atoms with Crippen LogP contribution in [0.5, 0.6) is 0 Å². The van der Waals surface area contributed by atoms with Crippen LogP contribution in [0.2, 0.25) is 0 Å². The summed E-state index contributed by atoms with van der Waals surface area (Å²) in [5, 5.41) is 5.29. The van der Waals surface area contributed by atoms with Crippen molar-refractivity contribution in [3.8, 4) is 0 Å². The summed E-state index contributed by atoms with van der Waals surface area (Å²) in [7, 11) is 0. The smallest absolute Gasteiger partial charge is 0.228 e. The highest BCUT2D eigenvalue weighted by molar-refractivity contribution is 7.14. The van der Waals surface area contributed by atoms with Crippen LogP contribution in [0.15, 0.2) is 29.6 Å². The Kier molecular flexibility index (Phi) is 4.89. The van der Waals surface area contributed by atoms with Gasteiger partial charge in [-0.1, -0.05) is 12.1 Å². The van der Waals surface area contributed by atoms with Crippen molar-refractivity contribution >= 4 is 28.3 Å². The zero-order chi connectivity index (χ0) is 17.1. The van der Waals surface area contributed by atoms with Gasteiger partial charge in [-0.3, -0.25) is 14.5 Å². The molecule has 1 saturated heterocycles. The van der Waals surface area contributed by atoms with E-state index in [4.69, 9.17) is 0 Å². The Bertz CT molecular complexity index is 762. The van der Waals surface area contributed by atoms with Crippen LogP contribution in [0, 0.1) is 5.82 Å². The van der Waals surface area contributed by atoms with Gasteiger partial charge >= 0.3 is 0 Å². The Morgan fingerprint density at radius 3 is 3.04 bits per heavy atom. The number of nitrogens with one attached hydrogen (secondary N) is 1. The van der Waals surface area contributed by atoms with Crippen LogP contribution in [0.1, 0.15) is 37.1 Å². The van der Waals surface area contributed by atoms with E-state index in [-0.39, 0.29) is 30.1 Å². The van der Waals surface area contributed by atoms with Gasteiger partial charge in [0, 0.05) is 18.3 Å². The number of halogens is 1. The first kappa shape index (κ1) is 16.6. The number of aromatic nitrogens is 1. The first-order valence-electron chi connectivity index (χ1n) is 7.82. The molecular formula is C17H18FN3O2S. The van der Waals surface area contributed by atoms with Crippen molar-refractivity contribution in [3.63, 3.8) is 0 Å².